The third kappa shape index (κ3) is 3.55. The molecule has 0 saturated carbocycles. The second-order valence-corrected chi connectivity index (χ2v) is 7.99. The molecule has 7 heteroatoms. The molecule has 1 N–H and O–H groups in total. The molecule has 0 radical (unpaired) electrons. The number of nitro groups is 1. The van der Waals surface area contributed by atoms with E-state index >= 15 is 0 Å². The summed E-state index contributed by atoms with van der Waals surface area (Å²) in [5.41, 5.74) is 2.48. The summed E-state index contributed by atoms with van der Waals surface area (Å²) in [7, 11) is 0. The Morgan fingerprint density at radius 2 is 1.68 bits per heavy atom. The van der Waals surface area contributed by atoms with E-state index in [9.17, 15) is 14.9 Å². The minimum atomic E-state index is -0.471. The zero-order chi connectivity index (χ0) is 21.4. The van der Waals surface area contributed by atoms with Gasteiger partial charge >= 0.3 is 0 Å². The first-order valence-corrected chi connectivity index (χ1v) is 10.4. The van der Waals surface area contributed by atoms with Crippen LogP contribution in [0.25, 0.3) is 32.9 Å². The monoisotopic (exact) mass is 425 g/mol. The van der Waals surface area contributed by atoms with Gasteiger partial charge < -0.3 is 4.98 Å². The standard InChI is InChI=1S/C24H15N3O3S/c28-24-23(31-21-13-10-15-6-4-5-9-19(15)25-21)22(16-7-2-1-3-8-16)18-12-11-17(27(29)30)14-20(18)26-24/h1-14H,(H,26,28). The maximum absolute atomic E-state index is 13.1. The number of pyridine rings is 2. The molecule has 6 nitrogen and oxygen atoms in total. The molecule has 0 atom stereocenters. The van der Waals surface area contributed by atoms with E-state index in [-0.39, 0.29) is 11.2 Å². The highest BCUT2D eigenvalue weighted by Gasteiger charge is 2.18. The third-order valence-corrected chi connectivity index (χ3v) is 6.04. The first-order chi connectivity index (χ1) is 15.1. The van der Waals surface area contributed by atoms with E-state index in [0.29, 0.717) is 15.4 Å². The van der Waals surface area contributed by atoms with Gasteiger partial charge in [-0.1, -0.05) is 66.4 Å². The van der Waals surface area contributed by atoms with Crippen molar-refractivity contribution in [1.29, 1.82) is 0 Å². The predicted octanol–water partition coefficient (Wildman–Crippen LogP) is 5.80. The van der Waals surface area contributed by atoms with Crippen molar-refractivity contribution in [2.45, 2.75) is 9.92 Å². The van der Waals surface area contributed by atoms with Crippen molar-refractivity contribution in [3.8, 4) is 11.1 Å². The summed E-state index contributed by atoms with van der Waals surface area (Å²) in [5, 5.41) is 13.7. The number of aromatic nitrogens is 2. The Kier molecular flexibility index (Phi) is 4.72. The van der Waals surface area contributed by atoms with Crippen molar-refractivity contribution in [1.82, 2.24) is 9.97 Å². The lowest BCUT2D eigenvalue weighted by Gasteiger charge is -2.12. The zero-order valence-corrected chi connectivity index (χ0v) is 16.9. The fourth-order valence-corrected chi connectivity index (χ4v) is 4.54. The first kappa shape index (κ1) is 19.0. The van der Waals surface area contributed by atoms with Crippen molar-refractivity contribution >= 4 is 39.3 Å². The number of nitrogens with zero attached hydrogens (tertiary/aromatic N) is 2. The van der Waals surface area contributed by atoms with Crippen LogP contribution < -0.4 is 5.56 Å². The quantitative estimate of drug-likeness (QED) is 0.290. The van der Waals surface area contributed by atoms with Gasteiger partial charge in [-0.3, -0.25) is 14.9 Å². The maximum atomic E-state index is 13.1. The lowest BCUT2D eigenvalue weighted by Crippen LogP contribution is -2.11. The number of fused-ring (bicyclic) bond motifs is 2. The number of hydrogen-bond acceptors (Lipinski definition) is 5. The molecule has 0 aliphatic heterocycles. The molecular formula is C24H15N3O3S. The van der Waals surface area contributed by atoms with Gasteiger partial charge in [0.05, 0.1) is 20.9 Å². The molecule has 150 valence electrons. The van der Waals surface area contributed by atoms with Crippen LogP contribution >= 0.6 is 11.8 Å². The number of benzene rings is 3. The Morgan fingerprint density at radius 1 is 0.903 bits per heavy atom. The van der Waals surface area contributed by atoms with E-state index in [0.717, 1.165) is 27.4 Å². The van der Waals surface area contributed by atoms with Crippen molar-refractivity contribution < 1.29 is 4.92 Å². The van der Waals surface area contributed by atoms with Crippen molar-refractivity contribution in [3.63, 3.8) is 0 Å². The summed E-state index contributed by atoms with van der Waals surface area (Å²) in [5.74, 6) is 0. The van der Waals surface area contributed by atoms with Gasteiger partial charge in [0.2, 0.25) is 0 Å². The molecule has 5 aromatic rings. The second-order valence-electron chi connectivity index (χ2n) is 6.96. The number of H-pyrrole nitrogens is 1. The van der Waals surface area contributed by atoms with Crippen LogP contribution in [0.4, 0.5) is 5.69 Å². The van der Waals surface area contributed by atoms with E-state index in [2.05, 4.69) is 9.97 Å². The van der Waals surface area contributed by atoms with Crippen molar-refractivity contribution in [2.24, 2.45) is 0 Å². The van der Waals surface area contributed by atoms with E-state index < -0.39 is 4.92 Å². The molecule has 0 amide bonds. The number of nitro benzene ring substituents is 1. The Labute approximate surface area is 180 Å². The van der Waals surface area contributed by atoms with Crippen LogP contribution in [0.5, 0.6) is 0 Å². The van der Waals surface area contributed by atoms with Crippen LogP contribution in [0.15, 0.2) is 99.6 Å². The molecular weight excluding hydrogens is 410 g/mol. The highest BCUT2D eigenvalue weighted by atomic mass is 32.2. The highest BCUT2D eigenvalue weighted by molar-refractivity contribution is 7.99. The molecule has 3 aromatic carbocycles. The minimum Gasteiger partial charge on any atom is -0.321 e. The summed E-state index contributed by atoms with van der Waals surface area (Å²) in [6.45, 7) is 0. The summed E-state index contributed by atoms with van der Waals surface area (Å²) >= 11 is 1.29. The van der Waals surface area contributed by atoms with Gasteiger partial charge in [-0.2, -0.15) is 0 Å². The number of rotatable bonds is 4. The van der Waals surface area contributed by atoms with Crippen LogP contribution in [0.1, 0.15) is 0 Å². The van der Waals surface area contributed by atoms with Crippen LogP contribution in [0.3, 0.4) is 0 Å². The largest absolute Gasteiger partial charge is 0.321 e. The van der Waals surface area contributed by atoms with Crippen LogP contribution in [0, 0.1) is 10.1 Å². The Balaban J connectivity index is 1.74. The minimum absolute atomic E-state index is 0.0706. The number of aromatic amines is 1. The summed E-state index contributed by atoms with van der Waals surface area (Å²) in [4.78, 5) is 31.8. The van der Waals surface area contributed by atoms with Crippen LogP contribution in [-0.2, 0) is 0 Å². The zero-order valence-electron chi connectivity index (χ0n) is 16.1. The average molecular weight is 425 g/mol. The second kappa shape index (κ2) is 7.70. The van der Waals surface area contributed by atoms with Gasteiger partial charge in [0.1, 0.15) is 5.03 Å². The molecule has 0 spiro atoms. The number of hydrogen-bond donors (Lipinski definition) is 1. The molecule has 0 bridgehead atoms. The molecule has 31 heavy (non-hydrogen) atoms. The topological polar surface area (TPSA) is 88.9 Å². The van der Waals surface area contributed by atoms with Crippen molar-refractivity contribution in [2.75, 3.05) is 0 Å². The van der Waals surface area contributed by atoms with Crippen LogP contribution in [0.2, 0.25) is 0 Å². The highest BCUT2D eigenvalue weighted by Crippen LogP contribution is 2.38. The van der Waals surface area contributed by atoms with Gasteiger partial charge in [0, 0.05) is 28.5 Å². The van der Waals surface area contributed by atoms with Crippen LogP contribution in [-0.4, -0.2) is 14.9 Å². The van der Waals surface area contributed by atoms with Gasteiger partial charge in [-0.25, -0.2) is 4.98 Å². The van der Waals surface area contributed by atoms with E-state index in [1.54, 1.807) is 6.07 Å². The molecule has 0 fully saturated rings. The average Bonchev–Trinajstić information content (AvgIpc) is 2.79. The first-order valence-electron chi connectivity index (χ1n) is 9.54. The van der Waals surface area contributed by atoms with Gasteiger partial charge in [0.25, 0.3) is 11.2 Å². The molecule has 5 rings (SSSR count). The molecule has 0 saturated heterocycles. The molecule has 0 aliphatic carbocycles. The molecule has 0 aliphatic rings. The number of para-hydroxylation sites is 1. The lowest BCUT2D eigenvalue weighted by molar-refractivity contribution is -0.384. The van der Waals surface area contributed by atoms with Gasteiger partial charge in [0.15, 0.2) is 0 Å². The predicted molar refractivity (Wildman–Crippen MR) is 123 cm³/mol. The number of nitrogens with one attached hydrogen (secondary N) is 1. The van der Waals surface area contributed by atoms with E-state index in [1.807, 2.05) is 66.7 Å². The lowest BCUT2D eigenvalue weighted by atomic mass is 10.0. The van der Waals surface area contributed by atoms with Gasteiger partial charge in [-0.05, 0) is 23.8 Å². The molecule has 2 heterocycles. The summed E-state index contributed by atoms with van der Waals surface area (Å²) < 4.78 is 0. The Hall–Kier alpha value is -3.97. The molecule has 2 aromatic heterocycles. The van der Waals surface area contributed by atoms with Gasteiger partial charge in [-0.15, -0.1) is 0 Å². The fourth-order valence-electron chi connectivity index (χ4n) is 3.58. The normalized spacial score (nSPS) is 11.1. The molecule has 0 unspecified atom stereocenters. The maximum Gasteiger partial charge on any atom is 0.271 e. The fraction of sp³-hybridized carbons (Fsp3) is 0. The Bertz CT molecular complexity index is 1510. The smallest absolute Gasteiger partial charge is 0.271 e. The van der Waals surface area contributed by atoms with E-state index in [4.69, 9.17) is 0 Å². The van der Waals surface area contributed by atoms with E-state index in [1.165, 1.54) is 23.9 Å². The Morgan fingerprint density at radius 3 is 2.48 bits per heavy atom. The third-order valence-electron chi connectivity index (χ3n) is 5.01. The van der Waals surface area contributed by atoms with Crippen molar-refractivity contribution in [3.05, 3.63) is 105 Å². The number of non-ortho nitro benzene ring substituents is 1. The SMILES string of the molecule is O=c1[nH]c2cc([N+](=O)[O-])ccc2c(-c2ccccc2)c1Sc1ccc2ccccc2n1. The summed E-state index contributed by atoms with van der Waals surface area (Å²) in [6.07, 6.45) is 0. The summed E-state index contributed by atoms with van der Waals surface area (Å²) in [6, 6.07) is 25.8.